The van der Waals surface area contributed by atoms with Crippen molar-refractivity contribution in [3.05, 3.63) is 24.5 Å². The molecular weight excluding hydrogens is 290 g/mol. The molecule has 1 aliphatic carbocycles. The average Bonchev–Trinajstić information content (AvgIpc) is 3.00. The summed E-state index contributed by atoms with van der Waals surface area (Å²) in [6.07, 6.45) is 8.70. The van der Waals surface area contributed by atoms with Crippen LogP contribution in [-0.2, 0) is 4.79 Å². The molecule has 0 bridgehead atoms. The fraction of sp³-hybridized carbons (Fsp3) is 0.588. The molecule has 3 rings (SSSR count). The van der Waals surface area contributed by atoms with E-state index in [0.717, 1.165) is 30.9 Å². The molecule has 2 unspecified atom stereocenters. The molecule has 2 atom stereocenters. The molecule has 1 aromatic rings. The first-order valence-electron chi connectivity index (χ1n) is 8.41. The molecule has 0 spiro atoms. The van der Waals surface area contributed by atoms with E-state index >= 15 is 0 Å². The Kier molecular flexibility index (Phi) is 5.10. The Hall–Kier alpha value is -2.11. The van der Waals surface area contributed by atoms with Crippen molar-refractivity contribution < 1.29 is 4.79 Å². The Labute approximate surface area is 137 Å². The van der Waals surface area contributed by atoms with Crippen molar-refractivity contribution in [2.45, 2.75) is 25.7 Å². The highest BCUT2D eigenvalue weighted by atomic mass is 16.1. The molecule has 23 heavy (non-hydrogen) atoms. The number of aromatic nitrogens is 1. The van der Waals surface area contributed by atoms with Gasteiger partial charge in [-0.15, -0.1) is 0 Å². The lowest BCUT2D eigenvalue weighted by molar-refractivity contribution is -0.115. The van der Waals surface area contributed by atoms with Gasteiger partial charge < -0.3 is 15.5 Å². The van der Waals surface area contributed by atoms with E-state index in [0.29, 0.717) is 5.69 Å². The van der Waals surface area contributed by atoms with Crippen LogP contribution in [0, 0.1) is 11.8 Å². The fourth-order valence-corrected chi connectivity index (χ4v) is 3.71. The quantitative estimate of drug-likeness (QED) is 0.658. The molecule has 1 aliphatic heterocycles. The molecule has 1 saturated heterocycles. The number of carbonyl (C=O) groups excluding carboxylic acids is 1. The van der Waals surface area contributed by atoms with Gasteiger partial charge in [-0.05, 0) is 36.8 Å². The fourth-order valence-electron chi connectivity index (χ4n) is 3.71. The molecular formula is C17H25N5O. The molecule has 0 aromatic carbocycles. The summed E-state index contributed by atoms with van der Waals surface area (Å²) < 4.78 is 0. The van der Waals surface area contributed by atoms with Gasteiger partial charge in [0, 0.05) is 26.3 Å². The van der Waals surface area contributed by atoms with Crippen molar-refractivity contribution in [3.8, 4) is 0 Å². The van der Waals surface area contributed by atoms with Crippen LogP contribution in [0.3, 0.4) is 0 Å². The Balaban J connectivity index is 1.49. The summed E-state index contributed by atoms with van der Waals surface area (Å²) in [5, 5.41) is 6.01. The topological polar surface area (TPSA) is 69.6 Å². The first-order valence-corrected chi connectivity index (χ1v) is 8.41. The van der Waals surface area contributed by atoms with E-state index in [4.69, 9.17) is 0 Å². The van der Waals surface area contributed by atoms with Crippen molar-refractivity contribution in [3.63, 3.8) is 0 Å². The van der Waals surface area contributed by atoms with Crippen molar-refractivity contribution in [2.75, 3.05) is 32.0 Å². The van der Waals surface area contributed by atoms with Gasteiger partial charge in [-0.1, -0.05) is 12.8 Å². The predicted octanol–water partition coefficient (Wildman–Crippen LogP) is 1.72. The predicted molar refractivity (Wildman–Crippen MR) is 91.2 cm³/mol. The largest absolute Gasteiger partial charge is 0.347 e. The summed E-state index contributed by atoms with van der Waals surface area (Å²) in [6, 6.07) is 3.62. The van der Waals surface area contributed by atoms with E-state index in [1.807, 2.05) is 6.07 Å². The van der Waals surface area contributed by atoms with Crippen LogP contribution in [-0.4, -0.2) is 48.4 Å². The third-order valence-corrected chi connectivity index (χ3v) is 4.84. The normalized spacial score (nSPS) is 24.2. The second-order valence-electron chi connectivity index (χ2n) is 6.40. The van der Waals surface area contributed by atoms with E-state index in [1.54, 1.807) is 25.5 Å². The molecule has 6 heteroatoms. The first kappa shape index (κ1) is 15.8. The lowest BCUT2D eigenvalue weighted by Gasteiger charge is -2.22. The molecule has 1 amide bonds. The van der Waals surface area contributed by atoms with Crippen LogP contribution in [0.2, 0.25) is 0 Å². The summed E-state index contributed by atoms with van der Waals surface area (Å²) in [7, 11) is 1.78. The number of aliphatic imine (C=N–C) groups is 1. The third kappa shape index (κ3) is 4.00. The van der Waals surface area contributed by atoms with Crippen LogP contribution < -0.4 is 10.6 Å². The highest BCUT2D eigenvalue weighted by Gasteiger charge is 2.35. The maximum Gasteiger partial charge on any atom is 0.243 e. The van der Waals surface area contributed by atoms with E-state index in [-0.39, 0.29) is 12.5 Å². The number of fused-ring (bicyclic) bond motifs is 1. The van der Waals surface area contributed by atoms with Crippen LogP contribution in [0.1, 0.15) is 25.7 Å². The molecule has 124 valence electrons. The zero-order valence-electron chi connectivity index (χ0n) is 13.7. The Bertz CT molecular complexity index is 545. The second-order valence-corrected chi connectivity index (χ2v) is 6.40. The summed E-state index contributed by atoms with van der Waals surface area (Å²) in [5.41, 5.74) is 0.710. The smallest absolute Gasteiger partial charge is 0.243 e. The zero-order valence-corrected chi connectivity index (χ0v) is 13.7. The number of nitrogens with zero attached hydrogens (tertiary/aromatic N) is 3. The molecule has 2 aliphatic rings. The molecule has 0 radical (unpaired) electrons. The molecule has 2 N–H and O–H groups in total. The van der Waals surface area contributed by atoms with Gasteiger partial charge >= 0.3 is 0 Å². The number of carbonyl (C=O) groups is 1. The van der Waals surface area contributed by atoms with Gasteiger partial charge in [0.15, 0.2) is 5.96 Å². The maximum absolute atomic E-state index is 12.0. The number of guanidine groups is 1. The number of nitrogens with one attached hydrogen (secondary N) is 2. The van der Waals surface area contributed by atoms with Gasteiger partial charge in [0.05, 0.1) is 18.4 Å². The standard InChI is InChI=1S/C17H25N5O/c1-18-17(22-11-13-5-2-3-6-14(13)12-22)20-10-16(23)21-15-7-4-8-19-9-15/h4,7-9,13-14H,2-3,5-6,10-12H2,1H3,(H,18,20)(H,21,23). The van der Waals surface area contributed by atoms with Crippen molar-refractivity contribution in [2.24, 2.45) is 16.8 Å². The van der Waals surface area contributed by atoms with Gasteiger partial charge in [0.1, 0.15) is 0 Å². The Morgan fingerprint density at radius 1 is 1.35 bits per heavy atom. The molecule has 6 nitrogen and oxygen atoms in total. The zero-order chi connectivity index (χ0) is 16.1. The number of amides is 1. The lowest BCUT2D eigenvalue weighted by atomic mass is 9.82. The summed E-state index contributed by atoms with van der Waals surface area (Å²) in [5.74, 6) is 2.34. The van der Waals surface area contributed by atoms with E-state index < -0.39 is 0 Å². The second kappa shape index (κ2) is 7.44. The number of pyridine rings is 1. The van der Waals surface area contributed by atoms with E-state index in [1.165, 1.54) is 25.7 Å². The van der Waals surface area contributed by atoms with E-state index in [9.17, 15) is 4.79 Å². The molecule has 2 fully saturated rings. The SMILES string of the molecule is CN=C(NCC(=O)Nc1cccnc1)N1CC2CCCCC2C1. The minimum atomic E-state index is -0.0873. The van der Waals surface area contributed by atoms with E-state index in [2.05, 4.69) is 25.5 Å². The molecule has 1 saturated carbocycles. The first-order chi connectivity index (χ1) is 11.3. The number of hydrogen-bond donors (Lipinski definition) is 2. The van der Waals surface area contributed by atoms with Crippen LogP contribution in [0.25, 0.3) is 0 Å². The van der Waals surface area contributed by atoms with Gasteiger partial charge in [0.25, 0.3) is 0 Å². The van der Waals surface area contributed by atoms with Crippen molar-refractivity contribution >= 4 is 17.6 Å². The van der Waals surface area contributed by atoms with Gasteiger partial charge in [0.2, 0.25) is 5.91 Å². The highest BCUT2D eigenvalue weighted by Crippen LogP contribution is 2.35. The van der Waals surface area contributed by atoms with Crippen LogP contribution in [0.15, 0.2) is 29.5 Å². The van der Waals surface area contributed by atoms with Crippen molar-refractivity contribution in [1.29, 1.82) is 0 Å². The van der Waals surface area contributed by atoms with Gasteiger partial charge in [-0.25, -0.2) is 0 Å². The Morgan fingerprint density at radius 3 is 2.70 bits per heavy atom. The number of hydrogen-bond acceptors (Lipinski definition) is 3. The van der Waals surface area contributed by atoms with Crippen LogP contribution >= 0.6 is 0 Å². The van der Waals surface area contributed by atoms with Gasteiger partial charge in [-0.2, -0.15) is 0 Å². The maximum atomic E-state index is 12.0. The minimum absolute atomic E-state index is 0.0873. The number of likely N-dealkylation sites (tertiary alicyclic amines) is 1. The molecule has 1 aromatic heterocycles. The summed E-state index contributed by atoms with van der Waals surface area (Å²) in [4.78, 5) is 22.7. The lowest BCUT2D eigenvalue weighted by Crippen LogP contribution is -2.43. The molecule has 2 heterocycles. The summed E-state index contributed by atoms with van der Waals surface area (Å²) in [6.45, 7) is 2.34. The van der Waals surface area contributed by atoms with Gasteiger partial charge in [-0.3, -0.25) is 14.8 Å². The monoisotopic (exact) mass is 315 g/mol. The number of rotatable bonds is 3. The average molecular weight is 315 g/mol. The highest BCUT2D eigenvalue weighted by molar-refractivity contribution is 5.94. The van der Waals surface area contributed by atoms with Crippen LogP contribution in [0.5, 0.6) is 0 Å². The van der Waals surface area contributed by atoms with Crippen molar-refractivity contribution in [1.82, 2.24) is 15.2 Å². The van der Waals surface area contributed by atoms with Crippen LogP contribution in [0.4, 0.5) is 5.69 Å². The summed E-state index contributed by atoms with van der Waals surface area (Å²) >= 11 is 0. The number of anilines is 1. The third-order valence-electron chi connectivity index (χ3n) is 4.84. The minimum Gasteiger partial charge on any atom is -0.347 e. The Morgan fingerprint density at radius 2 is 2.09 bits per heavy atom.